The van der Waals surface area contributed by atoms with E-state index in [1.54, 1.807) is 0 Å². The topological polar surface area (TPSA) is 23.6 Å². The Morgan fingerprint density at radius 3 is 2.50 bits per heavy atom. The molecule has 3 nitrogen and oxygen atoms in total. The quantitative estimate of drug-likeness (QED) is 0.793. The van der Waals surface area contributed by atoms with Crippen molar-refractivity contribution in [1.29, 1.82) is 0 Å². The molecule has 26 heavy (non-hydrogen) atoms. The van der Waals surface area contributed by atoms with Crippen LogP contribution in [0.2, 0.25) is 0 Å². The van der Waals surface area contributed by atoms with Crippen LogP contribution in [-0.4, -0.2) is 48.4 Å². The number of aryl methyl sites for hydroxylation is 2. The summed E-state index contributed by atoms with van der Waals surface area (Å²) in [6.45, 7) is 6.62. The van der Waals surface area contributed by atoms with E-state index in [0.29, 0.717) is 6.42 Å². The summed E-state index contributed by atoms with van der Waals surface area (Å²) in [7, 11) is 0. The number of rotatable bonds is 6. The van der Waals surface area contributed by atoms with Crippen molar-refractivity contribution in [3.8, 4) is 0 Å². The van der Waals surface area contributed by atoms with E-state index in [-0.39, 0.29) is 5.91 Å². The van der Waals surface area contributed by atoms with Crippen LogP contribution >= 0.6 is 0 Å². The summed E-state index contributed by atoms with van der Waals surface area (Å²) in [5.74, 6) is 0.283. The first-order valence-corrected chi connectivity index (χ1v) is 9.48. The molecule has 1 saturated heterocycles. The molecule has 3 heteroatoms. The van der Waals surface area contributed by atoms with Gasteiger partial charge in [0.25, 0.3) is 0 Å². The molecule has 0 saturated carbocycles. The van der Waals surface area contributed by atoms with Crippen molar-refractivity contribution < 1.29 is 4.79 Å². The Bertz CT molecular complexity index is 731. The molecule has 0 radical (unpaired) electrons. The molecule has 3 rings (SSSR count). The van der Waals surface area contributed by atoms with Crippen LogP contribution in [0.25, 0.3) is 6.08 Å². The van der Waals surface area contributed by atoms with Crippen LogP contribution in [-0.2, 0) is 11.2 Å². The van der Waals surface area contributed by atoms with Crippen LogP contribution in [0.1, 0.15) is 23.1 Å². The summed E-state index contributed by atoms with van der Waals surface area (Å²) >= 11 is 0. The predicted molar refractivity (Wildman–Crippen MR) is 108 cm³/mol. The largest absolute Gasteiger partial charge is 0.340 e. The summed E-state index contributed by atoms with van der Waals surface area (Å²) in [6.07, 6.45) is 5.82. The highest BCUT2D eigenvalue weighted by Crippen LogP contribution is 2.10. The molecule has 136 valence electrons. The summed E-state index contributed by atoms with van der Waals surface area (Å²) < 4.78 is 0. The zero-order valence-electron chi connectivity index (χ0n) is 15.6. The maximum atomic E-state index is 12.5. The zero-order chi connectivity index (χ0) is 18.2. The lowest BCUT2D eigenvalue weighted by Gasteiger charge is -2.34. The van der Waals surface area contributed by atoms with Gasteiger partial charge < -0.3 is 4.90 Å². The molecule has 0 bridgehead atoms. The van der Waals surface area contributed by atoms with E-state index < -0.39 is 0 Å². The lowest BCUT2D eigenvalue weighted by atomic mass is 10.1. The fourth-order valence-electron chi connectivity index (χ4n) is 3.36. The molecule has 0 aromatic heterocycles. The summed E-state index contributed by atoms with van der Waals surface area (Å²) in [5.41, 5.74) is 3.74. The van der Waals surface area contributed by atoms with Crippen LogP contribution in [0.5, 0.6) is 0 Å². The molecule has 2 aromatic carbocycles. The van der Waals surface area contributed by atoms with E-state index in [4.69, 9.17) is 0 Å². The zero-order valence-corrected chi connectivity index (χ0v) is 15.6. The second-order valence-corrected chi connectivity index (χ2v) is 6.98. The van der Waals surface area contributed by atoms with Crippen LogP contribution < -0.4 is 0 Å². The smallest absolute Gasteiger partial charge is 0.222 e. The van der Waals surface area contributed by atoms with Gasteiger partial charge in [-0.3, -0.25) is 9.69 Å². The van der Waals surface area contributed by atoms with Gasteiger partial charge in [-0.05, 0) is 24.5 Å². The van der Waals surface area contributed by atoms with Gasteiger partial charge >= 0.3 is 0 Å². The Labute approximate surface area is 156 Å². The molecular weight excluding hydrogens is 320 g/mol. The van der Waals surface area contributed by atoms with Crippen molar-refractivity contribution >= 4 is 12.0 Å². The molecule has 1 amide bonds. The first-order valence-electron chi connectivity index (χ1n) is 9.48. The van der Waals surface area contributed by atoms with Gasteiger partial charge in [0.2, 0.25) is 5.91 Å². The number of nitrogens with zero attached hydrogens (tertiary/aromatic N) is 2. The fraction of sp³-hybridized carbons (Fsp3) is 0.348. The number of amides is 1. The molecule has 1 fully saturated rings. The number of piperazine rings is 1. The molecule has 1 heterocycles. The maximum Gasteiger partial charge on any atom is 0.222 e. The molecule has 1 aliphatic rings. The molecular formula is C23H28N2O. The minimum absolute atomic E-state index is 0.283. The van der Waals surface area contributed by atoms with Crippen molar-refractivity contribution in [3.63, 3.8) is 0 Å². The SMILES string of the molecule is Cc1cccc(CCC(=O)N2CCN(C/C=C/c3ccccc3)CC2)c1. The van der Waals surface area contributed by atoms with Crippen LogP contribution in [0, 0.1) is 6.92 Å². The van der Waals surface area contributed by atoms with E-state index in [9.17, 15) is 4.79 Å². The number of carbonyl (C=O) groups excluding carboxylic acids is 1. The van der Waals surface area contributed by atoms with Gasteiger partial charge in [0.05, 0.1) is 0 Å². The molecule has 0 aliphatic carbocycles. The first kappa shape index (κ1) is 18.4. The van der Waals surface area contributed by atoms with E-state index in [0.717, 1.165) is 39.1 Å². The lowest BCUT2D eigenvalue weighted by molar-refractivity contribution is -0.132. The third-order valence-corrected chi connectivity index (χ3v) is 4.91. The van der Waals surface area contributed by atoms with E-state index in [2.05, 4.69) is 72.5 Å². The van der Waals surface area contributed by atoms with Gasteiger partial charge in [0.15, 0.2) is 0 Å². The monoisotopic (exact) mass is 348 g/mol. The van der Waals surface area contributed by atoms with Gasteiger partial charge in [-0.15, -0.1) is 0 Å². The third kappa shape index (κ3) is 5.57. The second-order valence-electron chi connectivity index (χ2n) is 6.98. The average Bonchev–Trinajstić information content (AvgIpc) is 2.68. The fourth-order valence-corrected chi connectivity index (χ4v) is 3.36. The molecule has 1 aliphatic heterocycles. The Kier molecular flexibility index (Phi) is 6.62. The lowest BCUT2D eigenvalue weighted by Crippen LogP contribution is -2.48. The van der Waals surface area contributed by atoms with Crippen LogP contribution in [0.15, 0.2) is 60.7 Å². The van der Waals surface area contributed by atoms with Gasteiger partial charge in [0, 0.05) is 39.1 Å². The Morgan fingerprint density at radius 1 is 1.00 bits per heavy atom. The Morgan fingerprint density at radius 2 is 1.77 bits per heavy atom. The first-order chi connectivity index (χ1) is 12.7. The van der Waals surface area contributed by atoms with Crippen molar-refractivity contribution in [2.45, 2.75) is 19.8 Å². The molecule has 2 aromatic rings. The number of hydrogen-bond donors (Lipinski definition) is 0. The third-order valence-electron chi connectivity index (χ3n) is 4.91. The predicted octanol–water partition coefficient (Wildman–Crippen LogP) is 3.79. The molecule has 0 unspecified atom stereocenters. The maximum absolute atomic E-state index is 12.5. The highest BCUT2D eigenvalue weighted by Gasteiger charge is 2.19. The van der Waals surface area contributed by atoms with E-state index >= 15 is 0 Å². The highest BCUT2D eigenvalue weighted by molar-refractivity contribution is 5.76. The second kappa shape index (κ2) is 9.35. The van der Waals surface area contributed by atoms with Crippen molar-refractivity contribution in [1.82, 2.24) is 9.80 Å². The minimum Gasteiger partial charge on any atom is -0.340 e. The van der Waals surface area contributed by atoms with Crippen molar-refractivity contribution in [2.24, 2.45) is 0 Å². The van der Waals surface area contributed by atoms with Crippen molar-refractivity contribution in [2.75, 3.05) is 32.7 Å². The van der Waals surface area contributed by atoms with Crippen LogP contribution in [0.3, 0.4) is 0 Å². The summed E-state index contributed by atoms with van der Waals surface area (Å²) in [5, 5.41) is 0. The molecule has 0 N–H and O–H groups in total. The van der Waals surface area contributed by atoms with Gasteiger partial charge in [-0.25, -0.2) is 0 Å². The van der Waals surface area contributed by atoms with Gasteiger partial charge in [-0.2, -0.15) is 0 Å². The van der Waals surface area contributed by atoms with Crippen LogP contribution in [0.4, 0.5) is 0 Å². The number of hydrogen-bond acceptors (Lipinski definition) is 2. The number of benzene rings is 2. The molecule has 0 atom stereocenters. The molecule has 0 spiro atoms. The summed E-state index contributed by atoms with van der Waals surface area (Å²) in [4.78, 5) is 16.9. The van der Waals surface area contributed by atoms with Gasteiger partial charge in [-0.1, -0.05) is 72.3 Å². The average molecular weight is 348 g/mol. The van der Waals surface area contributed by atoms with Gasteiger partial charge in [0.1, 0.15) is 0 Å². The highest BCUT2D eigenvalue weighted by atomic mass is 16.2. The standard InChI is InChI=1S/C23H28N2O/c1-20-7-5-10-22(19-20)12-13-23(26)25-17-15-24(16-18-25)14-6-11-21-8-3-2-4-9-21/h2-11,19H,12-18H2,1H3/b11-6+. The van der Waals surface area contributed by atoms with Crippen molar-refractivity contribution in [3.05, 3.63) is 77.4 Å². The minimum atomic E-state index is 0.283. The summed E-state index contributed by atoms with van der Waals surface area (Å²) in [6, 6.07) is 18.8. The van der Waals surface area contributed by atoms with E-state index in [1.165, 1.54) is 16.7 Å². The van der Waals surface area contributed by atoms with E-state index in [1.807, 2.05) is 11.0 Å². The normalized spacial score (nSPS) is 15.5. The Hall–Kier alpha value is -2.39. The number of carbonyl (C=O) groups is 1. The Balaban J connectivity index is 1.39.